The number of aliphatic hydroxyl groups is 1. The van der Waals surface area contributed by atoms with E-state index in [0.29, 0.717) is 19.5 Å². The van der Waals surface area contributed by atoms with Gasteiger partial charge in [0.05, 0.1) is 5.60 Å². The third-order valence-electron chi connectivity index (χ3n) is 5.40. The minimum Gasteiger partial charge on any atom is -0.386 e. The van der Waals surface area contributed by atoms with E-state index in [1.165, 1.54) is 25.7 Å². The highest BCUT2D eigenvalue weighted by Crippen LogP contribution is 2.28. The van der Waals surface area contributed by atoms with Gasteiger partial charge in [-0.05, 0) is 37.3 Å². The Hall–Kier alpha value is -1.62. The maximum absolute atomic E-state index is 12.1. The highest BCUT2D eigenvalue weighted by Gasteiger charge is 2.34. The van der Waals surface area contributed by atoms with Gasteiger partial charge in [-0.3, -0.25) is 4.79 Å². The van der Waals surface area contributed by atoms with Gasteiger partial charge >= 0.3 is 0 Å². The number of piperidine rings is 1. The van der Waals surface area contributed by atoms with E-state index in [9.17, 15) is 9.90 Å². The number of anilines is 1. The van der Waals surface area contributed by atoms with E-state index in [0.717, 1.165) is 37.5 Å². The number of amides is 1. The molecule has 1 aromatic heterocycles. The fourth-order valence-electron chi connectivity index (χ4n) is 3.98. The van der Waals surface area contributed by atoms with Crippen LogP contribution in [-0.2, 0) is 4.79 Å². The number of nitrogens with one attached hydrogen (secondary N) is 1. The Morgan fingerprint density at radius 3 is 2.92 bits per heavy atom. The van der Waals surface area contributed by atoms with Crippen molar-refractivity contribution in [2.75, 3.05) is 24.5 Å². The number of aromatic nitrogens is 1. The van der Waals surface area contributed by atoms with E-state index in [2.05, 4.69) is 15.2 Å². The molecule has 1 aromatic rings. The number of rotatable bonds is 6. The van der Waals surface area contributed by atoms with Crippen LogP contribution in [0.25, 0.3) is 0 Å². The molecular formula is C19H29N3O2. The van der Waals surface area contributed by atoms with Gasteiger partial charge in [-0.2, -0.15) is 0 Å². The molecule has 0 bridgehead atoms. The van der Waals surface area contributed by atoms with Crippen LogP contribution in [0.15, 0.2) is 24.4 Å². The zero-order valence-electron chi connectivity index (χ0n) is 14.4. The molecule has 2 N–H and O–H groups in total. The molecule has 0 spiro atoms. The molecule has 1 aliphatic heterocycles. The predicted octanol–water partition coefficient (Wildman–Crippen LogP) is 2.50. The van der Waals surface area contributed by atoms with Crippen LogP contribution in [0.1, 0.15) is 51.4 Å². The average molecular weight is 331 g/mol. The third-order valence-corrected chi connectivity index (χ3v) is 5.40. The van der Waals surface area contributed by atoms with Crippen molar-refractivity contribution in [3.8, 4) is 0 Å². The van der Waals surface area contributed by atoms with Crippen LogP contribution >= 0.6 is 0 Å². The molecule has 2 aliphatic rings. The summed E-state index contributed by atoms with van der Waals surface area (Å²) in [4.78, 5) is 18.6. The second-order valence-corrected chi connectivity index (χ2v) is 7.40. The van der Waals surface area contributed by atoms with Gasteiger partial charge < -0.3 is 15.3 Å². The predicted molar refractivity (Wildman–Crippen MR) is 94.8 cm³/mol. The SMILES string of the molecule is O=C(CCC1CCCC1)NCC1(O)CCCN(c2ccccn2)C1. The number of β-amino-alcohol motifs (C(OH)–C–C–N with tert-alkyl or cyclic N) is 1. The minimum atomic E-state index is -0.862. The number of nitrogens with zero attached hydrogens (tertiary/aromatic N) is 2. The van der Waals surface area contributed by atoms with Gasteiger partial charge in [0.15, 0.2) is 0 Å². The standard InChI is InChI=1S/C19H29N3O2/c23-18(10-9-16-6-1-2-7-16)21-14-19(24)11-5-13-22(15-19)17-8-3-4-12-20-17/h3-4,8,12,16,24H,1-2,5-7,9-11,13-15H2,(H,21,23). The molecule has 1 aliphatic carbocycles. The molecule has 24 heavy (non-hydrogen) atoms. The molecule has 1 amide bonds. The summed E-state index contributed by atoms with van der Waals surface area (Å²) in [7, 11) is 0. The molecular weight excluding hydrogens is 302 g/mol. The Balaban J connectivity index is 1.45. The van der Waals surface area contributed by atoms with E-state index in [-0.39, 0.29) is 5.91 Å². The smallest absolute Gasteiger partial charge is 0.220 e. The van der Waals surface area contributed by atoms with Gasteiger partial charge in [0, 0.05) is 32.3 Å². The Morgan fingerprint density at radius 2 is 2.17 bits per heavy atom. The van der Waals surface area contributed by atoms with Crippen LogP contribution in [-0.4, -0.2) is 41.2 Å². The second-order valence-electron chi connectivity index (χ2n) is 7.40. The first-order valence-corrected chi connectivity index (χ1v) is 9.30. The number of hydrogen-bond acceptors (Lipinski definition) is 4. The van der Waals surface area contributed by atoms with Gasteiger partial charge in [0.2, 0.25) is 5.91 Å². The van der Waals surface area contributed by atoms with E-state index >= 15 is 0 Å². The van der Waals surface area contributed by atoms with Crippen LogP contribution < -0.4 is 10.2 Å². The summed E-state index contributed by atoms with van der Waals surface area (Å²) < 4.78 is 0. The average Bonchev–Trinajstić information content (AvgIpc) is 3.13. The zero-order valence-corrected chi connectivity index (χ0v) is 14.4. The lowest BCUT2D eigenvalue weighted by atomic mass is 9.92. The molecule has 5 heteroatoms. The third kappa shape index (κ3) is 4.69. The van der Waals surface area contributed by atoms with Crippen molar-refractivity contribution in [1.82, 2.24) is 10.3 Å². The first-order chi connectivity index (χ1) is 11.6. The van der Waals surface area contributed by atoms with Gasteiger partial charge in [-0.1, -0.05) is 31.7 Å². The first-order valence-electron chi connectivity index (χ1n) is 9.30. The summed E-state index contributed by atoms with van der Waals surface area (Å²) in [5.74, 6) is 1.70. The molecule has 132 valence electrons. The van der Waals surface area contributed by atoms with Gasteiger partial charge in [0.1, 0.15) is 5.82 Å². The Bertz CT molecular complexity index is 531. The summed E-state index contributed by atoms with van der Waals surface area (Å²) in [6.07, 6.45) is 10.2. The van der Waals surface area contributed by atoms with Crippen molar-refractivity contribution in [1.29, 1.82) is 0 Å². The van der Waals surface area contributed by atoms with Crippen molar-refractivity contribution >= 4 is 11.7 Å². The summed E-state index contributed by atoms with van der Waals surface area (Å²) in [5, 5.41) is 13.8. The van der Waals surface area contributed by atoms with Crippen molar-refractivity contribution in [2.45, 2.75) is 57.0 Å². The molecule has 1 unspecified atom stereocenters. The highest BCUT2D eigenvalue weighted by molar-refractivity contribution is 5.75. The summed E-state index contributed by atoms with van der Waals surface area (Å²) in [6.45, 7) is 1.75. The van der Waals surface area contributed by atoms with Gasteiger partial charge in [-0.15, -0.1) is 0 Å². The van der Waals surface area contributed by atoms with Gasteiger partial charge in [0.25, 0.3) is 0 Å². The lowest BCUT2D eigenvalue weighted by molar-refractivity contribution is -0.122. The largest absolute Gasteiger partial charge is 0.386 e. The lowest BCUT2D eigenvalue weighted by Crippen LogP contribution is -2.54. The van der Waals surface area contributed by atoms with Crippen molar-refractivity contribution in [3.63, 3.8) is 0 Å². The number of hydrogen-bond donors (Lipinski definition) is 2. The normalized spacial score (nSPS) is 25.0. The van der Waals surface area contributed by atoms with Crippen LogP contribution in [0.2, 0.25) is 0 Å². The molecule has 2 fully saturated rings. The van der Waals surface area contributed by atoms with Crippen molar-refractivity contribution < 1.29 is 9.90 Å². The van der Waals surface area contributed by atoms with Crippen molar-refractivity contribution in [3.05, 3.63) is 24.4 Å². The topological polar surface area (TPSA) is 65.5 Å². The highest BCUT2D eigenvalue weighted by atomic mass is 16.3. The monoisotopic (exact) mass is 331 g/mol. The number of pyridine rings is 1. The van der Waals surface area contributed by atoms with E-state index in [1.54, 1.807) is 6.20 Å². The molecule has 0 radical (unpaired) electrons. The molecule has 1 saturated carbocycles. The molecule has 5 nitrogen and oxygen atoms in total. The number of carbonyl (C=O) groups is 1. The van der Waals surface area contributed by atoms with E-state index in [1.807, 2.05) is 18.2 Å². The second kappa shape index (κ2) is 7.97. The minimum absolute atomic E-state index is 0.0743. The Kier molecular flexibility index (Phi) is 5.72. The molecule has 1 atom stereocenters. The maximum atomic E-state index is 12.1. The molecule has 2 heterocycles. The van der Waals surface area contributed by atoms with Crippen LogP contribution in [0.5, 0.6) is 0 Å². The summed E-state index contributed by atoms with van der Waals surface area (Å²) in [6, 6.07) is 5.82. The molecule has 1 saturated heterocycles. The van der Waals surface area contributed by atoms with Crippen LogP contribution in [0.3, 0.4) is 0 Å². The van der Waals surface area contributed by atoms with Crippen molar-refractivity contribution in [2.24, 2.45) is 5.92 Å². The molecule has 3 rings (SSSR count). The zero-order chi connectivity index (χ0) is 16.8. The van der Waals surface area contributed by atoms with Crippen LogP contribution in [0, 0.1) is 5.92 Å². The summed E-state index contributed by atoms with van der Waals surface area (Å²) in [5.41, 5.74) is -0.862. The lowest BCUT2D eigenvalue weighted by Gasteiger charge is -2.39. The number of carbonyl (C=O) groups excluding carboxylic acids is 1. The van der Waals surface area contributed by atoms with Crippen LogP contribution in [0.4, 0.5) is 5.82 Å². The Morgan fingerprint density at radius 1 is 1.33 bits per heavy atom. The maximum Gasteiger partial charge on any atom is 0.220 e. The first kappa shape index (κ1) is 17.2. The summed E-state index contributed by atoms with van der Waals surface area (Å²) >= 11 is 0. The quantitative estimate of drug-likeness (QED) is 0.840. The van der Waals surface area contributed by atoms with Gasteiger partial charge in [-0.25, -0.2) is 4.98 Å². The molecule has 0 aromatic carbocycles. The van der Waals surface area contributed by atoms with E-state index < -0.39 is 5.60 Å². The Labute approximate surface area is 144 Å². The van der Waals surface area contributed by atoms with E-state index in [4.69, 9.17) is 0 Å². The fraction of sp³-hybridized carbons (Fsp3) is 0.684. The fourth-order valence-corrected chi connectivity index (χ4v) is 3.98.